The fourth-order valence-corrected chi connectivity index (χ4v) is 1.41. The van der Waals surface area contributed by atoms with Gasteiger partial charge in [0.2, 0.25) is 5.91 Å². The van der Waals surface area contributed by atoms with Crippen molar-refractivity contribution in [1.82, 2.24) is 10.6 Å². The van der Waals surface area contributed by atoms with Crippen molar-refractivity contribution < 1.29 is 9.21 Å². The number of carbonyl (C=O) groups excluding carboxylic acids is 1. The third-order valence-corrected chi connectivity index (χ3v) is 2.27. The number of carbonyl (C=O) groups is 1. The van der Waals surface area contributed by atoms with Crippen molar-refractivity contribution in [2.75, 3.05) is 13.6 Å². The summed E-state index contributed by atoms with van der Waals surface area (Å²) < 4.78 is 5.39. The number of rotatable bonds is 5. The Morgan fingerprint density at radius 3 is 2.73 bits per heavy atom. The second-order valence-corrected chi connectivity index (χ2v) is 3.54. The first-order valence-corrected chi connectivity index (χ1v) is 5.10. The fourth-order valence-electron chi connectivity index (χ4n) is 1.41. The van der Waals surface area contributed by atoms with Gasteiger partial charge in [-0.2, -0.15) is 0 Å². The van der Waals surface area contributed by atoms with E-state index in [1.807, 2.05) is 19.9 Å². The Bertz CT molecular complexity index is 331. The molecule has 4 nitrogen and oxygen atoms in total. The molecule has 0 fully saturated rings. The molecule has 1 heterocycles. The van der Waals surface area contributed by atoms with E-state index in [0.29, 0.717) is 13.0 Å². The smallest absolute Gasteiger partial charge is 0.221 e. The van der Waals surface area contributed by atoms with Crippen LogP contribution in [0, 0.1) is 13.8 Å². The normalized spacial score (nSPS) is 10.3. The van der Waals surface area contributed by atoms with Crippen LogP contribution in [-0.2, 0) is 11.3 Å². The lowest BCUT2D eigenvalue weighted by molar-refractivity contribution is -0.120. The van der Waals surface area contributed by atoms with Crippen molar-refractivity contribution in [2.45, 2.75) is 26.8 Å². The molecule has 0 atom stereocenters. The number of hydrogen-bond acceptors (Lipinski definition) is 3. The van der Waals surface area contributed by atoms with Crippen LogP contribution in [0.25, 0.3) is 0 Å². The van der Waals surface area contributed by atoms with Crippen molar-refractivity contribution in [3.8, 4) is 0 Å². The van der Waals surface area contributed by atoms with Gasteiger partial charge in [0.05, 0.1) is 0 Å². The highest BCUT2D eigenvalue weighted by atomic mass is 16.3. The summed E-state index contributed by atoms with van der Waals surface area (Å²) in [4.78, 5) is 10.9. The first kappa shape index (κ1) is 11.8. The molecule has 2 N–H and O–H groups in total. The van der Waals surface area contributed by atoms with Crippen molar-refractivity contribution >= 4 is 5.91 Å². The minimum absolute atomic E-state index is 0.0580. The molecule has 0 spiro atoms. The molecule has 1 rings (SSSR count). The van der Waals surface area contributed by atoms with Gasteiger partial charge in [-0.1, -0.05) is 0 Å². The number of furan rings is 1. The molecule has 4 heteroatoms. The van der Waals surface area contributed by atoms with Crippen LogP contribution >= 0.6 is 0 Å². The van der Waals surface area contributed by atoms with Crippen LogP contribution in [0.5, 0.6) is 0 Å². The van der Waals surface area contributed by atoms with Crippen LogP contribution in [-0.4, -0.2) is 19.5 Å². The summed E-state index contributed by atoms with van der Waals surface area (Å²) in [7, 11) is 1.64. The van der Waals surface area contributed by atoms with E-state index >= 15 is 0 Å². The van der Waals surface area contributed by atoms with Gasteiger partial charge in [0.1, 0.15) is 11.5 Å². The van der Waals surface area contributed by atoms with Crippen LogP contribution in [0.1, 0.15) is 23.5 Å². The quantitative estimate of drug-likeness (QED) is 0.716. The van der Waals surface area contributed by atoms with Gasteiger partial charge in [0.15, 0.2) is 0 Å². The van der Waals surface area contributed by atoms with E-state index in [9.17, 15) is 4.79 Å². The number of amides is 1. The average molecular weight is 210 g/mol. The van der Waals surface area contributed by atoms with E-state index < -0.39 is 0 Å². The molecule has 1 amide bonds. The summed E-state index contributed by atoms with van der Waals surface area (Å²) in [5.41, 5.74) is 1.16. The van der Waals surface area contributed by atoms with E-state index in [0.717, 1.165) is 23.6 Å². The molecule has 0 aliphatic rings. The summed E-state index contributed by atoms with van der Waals surface area (Å²) in [6, 6.07) is 2.02. The third-order valence-electron chi connectivity index (χ3n) is 2.27. The van der Waals surface area contributed by atoms with Crippen LogP contribution in [0.4, 0.5) is 0 Å². The molecule has 1 aromatic heterocycles. The summed E-state index contributed by atoms with van der Waals surface area (Å²) in [6.45, 7) is 5.31. The highest BCUT2D eigenvalue weighted by Gasteiger charge is 2.04. The van der Waals surface area contributed by atoms with Crippen LogP contribution < -0.4 is 10.6 Å². The number of nitrogens with one attached hydrogen (secondary N) is 2. The van der Waals surface area contributed by atoms with Gasteiger partial charge in [-0.3, -0.25) is 4.79 Å². The second-order valence-electron chi connectivity index (χ2n) is 3.54. The zero-order chi connectivity index (χ0) is 11.3. The Kier molecular flexibility index (Phi) is 4.37. The SMILES string of the molecule is CNC(=O)CCNCc1cc(C)oc1C. The Labute approximate surface area is 90.0 Å². The molecule has 0 radical (unpaired) electrons. The van der Waals surface area contributed by atoms with E-state index in [1.165, 1.54) is 0 Å². The van der Waals surface area contributed by atoms with Gasteiger partial charge in [0, 0.05) is 32.1 Å². The van der Waals surface area contributed by atoms with E-state index in [2.05, 4.69) is 10.6 Å². The minimum Gasteiger partial charge on any atom is -0.466 e. The molecule has 0 saturated heterocycles. The lowest BCUT2D eigenvalue weighted by Crippen LogP contribution is -2.24. The molecule has 84 valence electrons. The highest BCUT2D eigenvalue weighted by Crippen LogP contribution is 2.12. The Hall–Kier alpha value is -1.29. The predicted molar refractivity (Wildman–Crippen MR) is 58.6 cm³/mol. The highest BCUT2D eigenvalue weighted by molar-refractivity contribution is 5.75. The summed E-state index contributed by atoms with van der Waals surface area (Å²) in [5, 5.41) is 5.78. The van der Waals surface area contributed by atoms with E-state index in [4.69, 9.17) is 4.42 Å². The van der Waals surface area contributed by atoms with Gasteiger partial charge < -0.3 is 15.1 Å². The van der Waals surface area contributed by atoms with Crippen molar-refractivity contribution in [1.29, 1.82) is 0 Å². The van der Waals surface area contributed by atoms with E-state index in [1.54, 1.807) is 7.05 Å². The zero-order valence-electron chi connectivity index (χ0n) is 9.52. The monoisotopic (exact) mass is 210 g/mol. The minimum atomic E-state index is 0.0580. The summed E-state index contributed by atoms with van der Waals surface area (Å²) in [6.07, 6.45) is 0.506. The molecule has 0 aromatic carbocycles. The van der Waals surface area contributed by atoms with Gasteiger partial charge >= 0.3 is 0 Å². The molecular formula is C11H18N2O2. The number of hydrogen-bond donors (Lipinski definition) is 2. The fraction of sp³-hybridized carbons (Fsp3) is 0.545. The molecule has 15 heavy (non-hydrogen) atoms. The molecule has 0 aliphatic carbocycles. The van der Waals surface area contributed by atoms with Gasteiger partial charge in [-0.05, 0) is 19.9 Å². The van der Waals surface area contributed by atoms with Crippen LogP contribution in [0.15, 0.2) is 10.5 Å². The Balaban J connectivity index is 2.26. The third kappa shape index (κ3) is 3.75. The lowest BCUT2D eigenvalue weighted by atomic mass is 10.2. The van der Waals surface area contributed by atoms with Crippen molar-refractivity contribution in [2.24, 2.45) is 0 Å². The molecule has 0 aliphatic heterocycles. The lowest BCUT2D eigenvalue weighted by Gasteiger charge is -2.02. The van der Waals surface area contributed by atoms with Crippen molar-refractivity contribution in [3.63, 3.8) is 0 Å². The predicted octanol–water partition coefficient (Wildman–Crippen LogP) is 1.12. The first-order chi connectivity index (χ1) is 7.13. The van der Waals surface area contributed by atoms with Crippen molar-refractivity contribution in [3.05, 3.63) is 23.2 Å². The van der Waals surface area contributed by atoms with Gasteiger partial charge in [-0.25, -0.2) is 0 Å². The molecule has 0 bridgehead atoms. The van der Waals surface area contributed by atoms with Gasteiger partial charge in [0.25, 0.3) is 0 Å². The molecule has 0 unspecified atom stereocenters. The second kappa shape index (κ2) is 5.56. The largest absolute Gasteiger partial charge is 0.466 e. The molecule has 0 saturated carbocycles. The maximum Gasteiger partial charge on any atom is 0.221 e. The van der Waals surface area contributed by atoms with Crippen LogP contribution in [0.2, 0.25) is 0 Å². The topological polar surface area (TPSA) is 54.3 Å². The maximum absolute atomic E-state index is 10.9. The Morgan fingerprint density at radius 1 is 1.47 bits per heavy atom. The van der Waals surface area contributed by atoms with E-state index in [-0.39, 0.29) is 5.91 Å². The number of aryl methyl sites for hydroxylation is 2. The average Bonchev–Trinajstić information content (AvgIpc) is 2.52. The first-order valence-electron chi connectivity index (χ1n) is 5.10. The molecular weight excluding hydrogens is 192 g/mol. The van der Waals surface area contributed by atoms with Gasteiger partial charge in [-0.15, -0.1) is 0 Å². The van der Waals surface area contributed by atoms with Crippen LogP contribution in [0.3, 0.4) is 0 Å². The summed E-state index contributed by atoms with van der Waals surface area (Å²) >= 11 is 0. The zero-order valence-corrected chi connectivity index (χ0v) is 9.52. The Morgan fingerprint density at radius 2 is 2.20 bits per heavy atom. The standard InChI is InChI=1S/C11H18N2O2/c1-8-6-10(9(2)15-8)7-13-5-4-11(14)12-3/h6,13H,4-5,7H2,1-3H3,(H,12,14). The molecule has 1 aromatic rings. The summed E-state index contributed by atoms with van der Waals surface area (Å²) in [5.74, 6) is 1.93. The maximum atomic E-state index is 10.9.